The molecule has 0 amide bonds. The Balaban J connectivity index is 1.40. The first-order valence-corrected chi connectivity index (χ1v) is 10.0. The van der Waals surface area contributed by atoms with Crippen molar-refractivity contribution in [2.24, 2.45) is 0 Å². The van der Waals surface area contributed by atoms with E-state index in [1.54, 1.807) is 13.4 Å². The van der Waals surface area contributed by atoms with E-state index in [-0.39, 0.29) is 0 Å². The average Bonchev–Trinajstić information content (AvgIpc) is 3.29. The Labute approximate surface area is 157 Å². The van der Waals surface area contributed by atoms with E-state index in [9.17, 15) is 0 Å². The van der Waals surface area contributed by atoms with Crippen molar-refractivity contribution < 1.29 is 4.74 Å². The number of hydrogen-bond acceptors (Lipinski definition) is 6. The molecule has 0 radical (unpaired) electrons. The smallest absolute Gasteiger partial charge is 0.141 e. The Morgan fingerprint density at radius 1 is 1.04 bits per heavy atom. The molecule has 5 rings (SSSR count). The van der Waals surface area contributed by atoms with Crippen molar-refractivity contribution in [2.75, 3.05) is 43.1 Å². The first-order chi connectivity index (χ1) is 12.8. The van der Waals surface area contributed by atoms with Gasteiger partial charge in [-0.15, -0.1) is 11.3 Å². The fraction of sp³-hybridized carbons (Fsp3) is 0.400. The van der Waals surface area contributed by atoms with Gasteiger partial charge in [-0.05, 0) is 37.0 Å². The molecule has 1 aromatic carbocycles. The topological polar surface area (TPSA) is 41.5 Å². The van der Waals surface area contributed by atoms with Crippen LogP contribution in [-0.4, -0.2) is 43.3 Å². The summed E-state index contributed by atoms with van der Waals surface area (Å²) in [5.41, 5.74) is 2.74. The third kappa shape index (κ3) is 2.60. The van der Waals surface area contributed by atoms with E-state index in [4.69, 9.17) is 4.74 Å². The first kappa shape index (κ1) is 15.9. The van der Waals surface area contributed by atoms with Crippen molar-refractivity contribution >= 4 is 33.1 Å². The van der Waals surface area contributed by atoms with Gasteiger partial charge in [-0.25, -0.2) is 9.97 Å². The monoisotopic (exact) mass is 366 g/mol. The standard InChI is InChI=1S/C20H22N4OS/c1-25-15-5-2-4-14(12-15)23-8-10-24(11-9-23)19-18-16-6-3-7-17(16)26-20(18)22-13-21-19/h2,4-5,12-13H,3,6-11H2,1H3. The Kier molecular flexibility index (Phi) is 3.93. The molecule has 26 heavy (non-hydrogen) atoms. The van der Waals surface area contributed by atoms with Crippen molar-refractivity contribution in [1.82, 2.24) is 9.97 Å². The second kappa shape index (κ2) is 6.43. The molecule has 3 heterocycles. The van der Waals surface area contributed by atoms with Crippen LogP contribution < -0.4 is 14.5 Å². The highest BCUT2D eigenvalue weighted by atomic mass is 32.1. The van der Waals surface area contributed by atoms with Gasteiger partial charge in [0, 0.05) is 42.8 Å². The number of thiophene rings is 1. The lowest BCUT2D eigenvalue weighted by atomic mass is 10.1. The van der Waals surface area contributed by atoms with Crippen LogP contribution in [0, 0.1) is 0 Å². The van der Waals surface area contributed by atoms with E-state index in [2.05, 4.69) is 38.0 Å². The third-order valence-corrected chi connectivity index (χ3v) is 6.68. The number of fused-ring (bicyclic) bond motifs is 3. The number of nitrogens with zero attached hydrogens (tertiary/aromatic N) is 4. The number of ether oxygens (including phenoxy) is 1. The van der Waals surface area contributed by atoms with Gasteiger partial charge in [-0.3, -0.25) is 0 Å². The Bertz CT molecular complexity index is 946. The summed E-state index contributed by atoms with van der Waals surface area (Å²) in [6.45, 7) is 3.94. The molecule has 1 fully saturated rings. The van der Waals surface area contributed by atoms with E-state index in [1.165, 1.54) is 40.8 Å². The zero-order valence-corrected chi connectivity index (χ0v) is 15.8. The van der Waals surface area contributed by atoms with Crippen molar-refractivity contribution in [3.63, 3.8) is 0 Å². The van der Waals surface area contributed by atoms with Gasteiger partial charge in [-0.2, -0.15) is 0 Å². The summed E-state index contributed by atoms with van der Waals surface area (Å²) in [5, 5.41) is 1.32. The Morgan fingerprint density at radius 2 is 1.88 bits per heavy atom. The van der Waals surface area contributed by atoms with Crippen LogP contribution in [0.5, 0.6) is 5.75 Å². The summed E-state index contributed by atoms with van der Waals surface area (Å²) >= 11 is 1.86. The molecule has 0 saturated carbocycles. The maximum Gasteiger partial charge on any atom is 0.141 e. The van der Waals surface area contributed by atoms with Gasteiger partial charge in [0.15, 0.2) is 0 Å². The molecule has 0 spiro atoms. The predicted octanol–water partition coefficient (Wildman–Crippen LogP) is 3.52. The van der Waals surface area contributed by atoms with Crippen LogP contribution in [0.2, 0.25) is 0 Å². The quantitative estimate of drug-likeness (QED) is 0.709. The van der Waals surface area contributed by atoms with Crippen molar-refractivity contribution in [1.29, 1.82) is 0 Å². The van der Waals surface area contributed by atoms with Crippen LogP contribution in [0.25, 0.3) is 10.2 Å². The van der Waals surface area contributed by atoms with E-state index < -0.39 is 0 Å². The molecule has 2 aliphatic rings. The van der Waals surface area contributed by atoms with Gasteiger partial charge in [0.1, 0.15) is 22.7 Å². The molecule has 3 aromatic rings. The van der Waals surface area contributed by atoms with Gasteiger partial charge in [0.05, 0.1) is 12.5 Å². The number of aromatic nitrogens is 2. The number of anilines is 2. The molecule has 1 saturated heterocycles. The van der Waals surface area contributed by atoms with E-state index in [0.29, 0.717) is 0 Å². The number of benzene rings is 1. The number of methoxy groups -OCH3 is 1. The molecular formula is C20H22N4OS. The van der Waals surface area contributed by atoms with Gasteiger partial charge in [-0.1, -0.05) is 6.07 Å². The molecule has 0 unspecified atom stereocenters. The normalized spacial score (nSPS) is 17.0. The molecule has 5 nitrogen and oxygen atoms in total. The largest absolute Gasteiger partial charge is 0.497 e. The maximum atomic E-state index is 5.37. The van der Waals surface area contributed by atoms with Crippen LogP contribution in [0.15, 0.2) is 30.6 Å². The summed E-state index contributed by atoms with van der Waals surface area (Å²) in [6.07, 6.45) is 5.39. The fourth-order valence-electron chi connectivity index (χ4n) is 4.14. The third-order valence-electron chi connectivity index (χ3n) is 5.48. The first-order valence-electron chi connectivity index (χ1n) is 9.22. The minimum Gasteiger partial charge on any atom is -0.497 e. The van der Waals surface area contributed by atoms with Crippen LogP contribution in [0.1, 0.15) is 16.9 Å². The van der Waals surface area contributed by atoms with Gasteiger partial charge in [0.2, 0.25) is 0 Å². The van der Waals surface area contributed by atoms with E-state index in [0.717, 1.165) is 42.6 Å². The molecule has 0 N–H and O–H groups in total. The Hall–Kier alpha value is -2.34. The highest BCUT2D eigenvalue weighted by molar-refractivity contribution is 7.19. The van der Waals surface area contributed by atoms with Crippen LogP contribution >= 0.6 is 11.3 Å². The molecule has 134 valence electrons. The van der Waals surface area contributed by atoms with Gasteiger partial charge in [0.25, 0.3) is 0 Å². The second-order valence-electron chi connectivity index (χ2n) is 6.91. The molecule has 6 heteroatoms. The lowest BCUT2D eigenvalue weighted by Crippen LogP contribution is -2.47. The van der Waals surface area contributed by atoms with Crippen LogP contribution in [0.4, 0.5) is 11.5 Å². The molecule has 0 atom stereocenters. The summed E-state index contributed by atoms with van der Waals surface area (Å²) in [7, 11) is 1.72. The lowest BCUT2D eigenvalue weighted by molar-refractivity contribution is 0.414. The van der Waals surface area contributed by atoms with Gasteiger partial charge < -0.3 is 14.5 Å². The van der Waals surface area contributed by atoms with E-state index in [1.807, 2.05) is 17.4 Å². The summed E-state index contributed by atoms with van der Waals surface area (Å²) < 4.78 is 5.37. The summed E-state index contributed by atoms with van der Waals surface area (Å²) in [4.78, 5) is 16.8. The highest BCUT2D eigenvalue weighted by Crippen LogP contribution is 2.40. The molecule has 2 aromatic heterocycles. The van der Waals surface area contributed by atoms with Crippen molar-refractivity contribution in [3.05, 3.63) is 41.0 Å². The Morgan fingerprint density at radius 3 is 2.73 bits per heavy atom. The number of rotatable bonds is 3. The second-order valence-corrected chi connectivity index (χ2v) is 7.99. The number of hydrogen-bond donors (Lipinski definition) is 0. The molecule has 0 bridgehead atoms. The summed E-state index contributed by atoms with van der Waals surface area (Å²) in [5.74, 6) is 2.05. The highest BCUT2D eigenvalue weighted by Gasteiger charge is 2.25. The minimum atomic E-state index is 0.913. The number of piperazine rings is 1. The van der Waals surface area contributed by atoms with E-state index >= 15 is 0 Å². The average molecular weight is 366 g/mol. The minimum absolute atomic E-state index is 0.913. The molecular weight excluding hydrogens is 344 g/mol. The summed E-state index contributed by atoms with van der Waals surface area (Å²) in [6, 6.07) is 8.33. The van der Waals surface area contributed by atoms with Gasteiger partial charge >= 0.3 is 0 Å². The predicted molar refractivity (Wildman–Crippen MR) is 107 cm³/mol. The fourth-order valence-corrected chi connectivity index (χ4v) is 5.36. The molecule has 1 aliphatic carbocycles. The lowest BCUT2D eigenvalue weighted by Gasteiger charge is -2.37. The van der Waals surface area contributed by atoms with Crippen LogP contribution in [0.3, 0.4) is 0 Å². The number of aryl methyl sites for hydroxylation is 2. The SMILES string of the molecule is COc1cccc(N2CCN(c3ncnc4sc5c(c34)CCC5)CC2)c1. The zero-order chi connectivity index (χ0) is 17.5. The maximum absolute atomic E-state index is 5.37. The van der Waals surface area contributed by atoms with Crippen molar-refractivity contribution in [3.8, 4) is 5.75 Å². The van der Waals surface area contributed by atoms with Crippen LogP contribution in [-0.2, 0) is 12.8 Å². The molecule has 1 aliphatic heterocycles. The van der Waals surface area contributed by atoms with Crippen molar-refractivity contribution in [2.45, 2.75) is 19.3 Å². The zero-order valence-electron chi connectivity index (χ0n) is 14.9.